The van der Waals surface area contributed by atoms with Crippen molar-refractivity contribution >= 4 is 42.2 Å². The van der Waals surface area contributed by atoms with Gasteiger partial charge in [0.2, 0.25) is 17.5 Å². The van der Waals surface area contributed by atoms with E-state index in [1.54, 1.807) is 14.1 Å². The fourth-order valence-corrected chi connectivity index (χ4v) is 19.4. The average Bonchev–Trinajstić information content (AvgIpc) is 1.64. The molecule has 0 spiro atoms. The molecule has 0 atom stereocenters. The topological polar surface area (TPSA) is 362 Å². The van der Waals surface area contributed by atoms with Crippen LogP contribution >= 0.6 is 12.4 Å². The number of nitrogens with one attached hydrogen (secondary N) is 3. The molecule has 4 fully saturated rings. The van der Waals surface area contributed by atoms with E-state index in [9.17, 15) is 0 Å². The number of rotatable bonds is 20. The molecule has 0 unspecified atom stereocenters. The molecular formula is C102H116ClN23O5. The predicted octanol–water partition coefficient (Wildman–Crippen LogP) is 15.4. The fraction of sp³-hybridized carbons (Fsp3) is 0.392. The number of ether oxygens (including phenoxy) is 1. The first kappa shape index (κ1) is 92.8. The van der Waals surface area contributed by atoms with E-state index in [0.29, 0.717) is 60.9 Å². The Bertz CT molecular complexity index is 6140. The molecule has 131 heavy (non-hydrogen) atoms. The lowest BCUT2D eigenvalue weighted by Crippen LogP contribution is -2.36. The van der Waals surface area contributed by atoms with E-state index in [1.165, 1.54) is 133 Å². The Kier molecular flexibility index (Phi) is 30.9. The summed E-state index contributed by atoms with van der Waals surface area (Å²) >= 11 is 0. The third-order valence-electron chi connectivity index (χ3n) is 25.8. The second kappa shape index (κ2) is 43.7. The third kappa shape index (κ3) is 23.3. The summed E-state index contributed by atoms with van der Waals surface area (Å²) in [7, 11) is 7.94. The minimum absolute atomic E-state index is 0. The van der Waals surface area contributed by atoms with E-state index >= 15 is 0 Å². The molecule has 7 heterocycles. The van der Waals surface area contributed by atoms with Crippen LogP contribution in [0, 0.1) is 20.8 Å². The van der Waals surface area contributed by atoms with Gasteiger partial charge >= 0.3 is 12.3 Å². The number of halogens is 1. The summed E-state index contributed by atoms with van der Waals surface area (Å²) in [5.74, 6) is 8.38. The van der Waals surface area contributed by atoms with Crippen molar-refractivity contribution in [3.63, 3.8) is 0 Å². The summed E-state index contributed by atoms with van der Waals surface area (Å²) in [5.41, 5.74) is 39.5. The first-order valence-corrected chi connectivity index (χ1v) is 45.8. The molecule has 7 N–H and O–H groups in total. The Morgan fingerprint density at radius 2 is 0.794 bits per heavy atom. The molecule has 7 aromatic carbocycles. The first-order valence-electron chi connectivity index (χ1n) is 45.8. The van der Waals surface area contributed by atoms with Crippen LogP contribution in [0.2, 0.25) is 0 Å². The minimum Gasteiger partial charge on any atom is -0.477 e. The van der Waals surface area contributed by atoms with Gasteiger partial charge in [-0.3, -0.25) is 0 Å². The maximum absolute atomic E-state index is 8.12. The lowest BCUT2D eigenvalue weighted by atomic mass is 9.90. The van der Waals surface area contributed by atoms with Gasteiger partial charge in [0.05, 0.1) is 49.0 Å². The lowest BCUT2D eigenvalue weighted by molar-refractivity contribution is -0.193. The van der Waals surface area contributed by atoms with Crippen molar-refractivity contribution in [1.29, 1.82) is 0 Å². The van der Waals surface area contributed by atoms with Crippen molar-refractivity contribution in [2.75, 3.05) is 56.3 Å². The van der Waals surface area contributed by atoms with Crippen LogP contribution in [0.3, 0.4) is 0 Å². The zero-order chi connectivity index (χ0) is 90.2. The number of benzene rings is 7. The minimum atomic E-state index is 0. The Labute approximate surface area is 771 Å². The van der Waals surface area contributed by atoms with Crippen LogP contribution in [-0.2, 0) is 78.2 Å². The number of aromatic nitrogens is 16. The van der Waals surface area contributed by atoms with Crippen molar-refractivity contribution in [1.82, 2.24) is 90.1 Å². The van der Waals surface area contributed by atoms with Crippen LogP contribution in [0.1, 0.15) is 199 Å². The standard InChI is InChI=1S/C28H32N8.C27H31N3O.C26H28N8.C19H24N4.2CO2.ClH/c1-35(2)22-12-10-21(11-13-22)29-28-26-23-14-9-19(27-32-34-36(3)33-27)16-20(23)17-24(26)30-25(31-28)15-18-7-5-4-6-8-18;1-20-11-12-23-22(17-20)19-24-26(23)27(31-16-8-15-30-13-6-3-7-14-30)29-25(28-24)18-21-9-4-2-5-10-21;1-34-32-25(31-33-34)17-7-12-21-18(14-17)15-22-24(21)26(28-20-10-8-19(27)9-11-20)30-23(29-22)13-16-5-3-2-4-6-16;1-11-3-8-16-13(9-11)10-17-18(16)19(22-12(2)21-17)23-15-6-4-14(20)5-7-15;2*2-1-3;/h4-9,14,16,21-22H,10-13,15,17H2,1-3H3,(H,29,30,31);2,4-5,9-12,17H,3,6-8,13-16,18-19H2,1H3;2-7,12,14,19-20H,8-11,13,15,27H2,1H3,(H,28,29,30);3,8-9,14-15H,4-7,10,20H2,1-2H3,(H,21,22,23);;;1H. The number of aryl methyl sites for hydroxylation is 5. The maximum atomic E-state index is 8.12. The quantitative estimate of drug-likeness (QED) is 0.0442. The Balaban J connectivity index is 0.000000132. The normalized spacial score (nSPS) is 17.8. The summed E-state index contributed by atoms with van der Waals surface area (Å²) in [4.78, 5) is 79.9. The van der Waals surface area contributed by atoms with Gasteiger partial charge in [0.1, 0.15) is 40.8 Å². The van der Waals surface area contributed by atoms with E-state index in [0.717, 1.165) is 213 Å². The van der Waals surface area contributed by atoms with Crippen molar-refractivity contribution in [2.24, 2.45) is 25.6 Å². The number of piperidine rings is 1. The zero-order valence-electron chi connectivity index (χ0n) is 75.8. The van der Waals surface area contributed by atoms with Crippen LogP contribution < -0.4 is 32.2 Å². The molecule has 1 aliphatic heterocycles. The number of carbonyl (C=O) groups excluding carboxylic acids is 4. The number of hydrogen-bond donors (Lipinski definition) is 5. The molecule has 3 saturated carbocycles. The number of hydrogen-bond acceptors (Lipinski definition) is 26. The van der Waals surface area contributed by atoms with Gasteiger partial charge in [0.25, 0.3) is 0 Å². The van der Waals surface area contributed by atoms with Gasteiger partial charge in [0.15, 0.2) is 0 Å². The van der Waals surface area contributed by atoms with E-state index in [4.69, 9.17) is 75.3 Å². The SMILES string of the molecule is CN(C)C1CCC(Nc2nc(Cc3ccccc3)nc3c2-c2ccc(-c4nnn(C)n4)cc2C3)CC1.Cc1ccc2c(c1)Cc1nc(C)nc(NC3CCC(N)CC3)c1-2.Cc1ccc2c(c1)Cc1nc(Cc3ccccc3)nc(OCCCN3CCCCC3)c1-2.Cl.Cn1nnc(-c2ccc3c(c2)Cc2nc(Cc4ccccc4)nc(NC4CCC(N)CC4)c2-3)n1.O=C=O.O=C=O. The average molecular weight is 1780 g/mol. The zero-order valence-corrected chi connectivity index (χ0v) is 76.6. The highest BCUT2D eigenvalue weighted by Crippen LogP contribution is 2.47. The molecular weight excluding hydrogens is 1660 g/mol. The van der Waals surface area contributed by atoms with Gasteiger partial charge in [-0.2, -0.15) is 33.8 Å². The van der Waals surface area contributed by atoms with Crippen LogP contribution in [0.15, 0.2) is 164 Å². The summed E-state index contributed by atoms with van der Waals surface area (Å²) in [6.07, 6.45) is 24.5. The molecule has 0 bridgehead atoms. The van der Waals surface area contributed by atoms with E-state index in [1.807, 2.05) is 25.1 Å². The van der Waals surface area contributed by atoms with Crippen molar-refractivity contribution in [3.05, 3.63) is 260 Å². The fourth-order valence-electron chi connectivity index (χ4n) is 19.4. The number of fused-ring (bicyclic) bond motifs is 12. The monoisotopic (exact) mass is 1780 g/mol. The molecule has 0 radical (unpaired) electrons. The van der Waals surface area contributed by atoms with Crippen LogP contribution in [0.25, 0.3) is 67.3 Å². The van der Waals surface area contributed by atoms with Gasteiger partial charge in [-0.1, -0.05) is 169 Å². The molecule has 6 aromatic heterocycles. The molecule has 21 rings (SSSR count). The van der Waals surface area contributed by atoms with Crippen LogP contribution in [-0.4, -0.2) is 179 Å². The summed E-state index contributed by atoms with van der Waals surface area (Å²) in [6, 6.07) is 60.1. The van der Waals surface area contributed by atoms with Crippen molar-refractivity contribution < 1.29 is 23.9 Å². The Hall–Kier alpha value is -12.9. The maximum Gasteiger partial charge on any atom is 0.373 e. The number of nitrogens with zero attached hydrogens (tertiary/aromatic N) is 18. The number of anilines is 3. The number of likely N-dealkylation sites (tertiary alicyclic amines) is 1. The Morgan fingerprint density at radius 1 is 0.427 bits per heavy atom. The second-order valence-corrected chi connectivity index (χ2v) is 35.7. The van der Waals surface area contributed by atoms with E-state index < -0.39 is 0 Å². The van der Waals surface area contributed by atoms with Gasteiger partial charge in [-0.15, -0.1) is 32.8 Å². The first-order chi connectivity index (χ1) is 63.3. The number of tetrazole rings is 2. The second-order valence-electron chi connectivity index (χ2n) is 35.7. The van der Waals surface area contributed by atoms with Gasteiger partial charge in [0, 0.05) is 116 Å². The molecule has 676 valence electrons. The number of nitrogens with two attached hydrogens (primary N) is 2. The van der Waals surface area contributed by atoms with Gasteiger partial charge in [-0.05, 0) is 228 Å². The lowest BCUT2D eigenvalue weighted by Gasteiger charge is -2.33. The van der Waals surface area contributed by atoms with Gasteiger partial charge in [-0.25, -0.2) is 34.9 Å². The van der Waals surface area contributed by atoms with Gasteiger partial charge < -0.3 is 42.0 Å². The van der Waals surface area contributed by atoms with E-state index in [-0.39, 0.29) is 24.7 Å². The Morgan fingerprint density at radius 3 is 1.20 bits per heavy atom. The van der Waals surface area contributed by atoms with Crippen molar-refractivity contribution in [2.45, 2.75) is 205 Å². The summed E-state index contributed by atoms with van der Waals surface area (Å²) < 4.78 is 6.33. The molecule has 7 aliphatic carbocycles. The molecule has 13 aromatic rings. The third-order valence-corrected chi connectivity index (χ3v) is 25.8. The highest BCUT2D eigenvalue weighted by atomic mass is 35.5. The predicted molar refractivity (Wildman–Crippen MR) is 507 cm³/mol. The molecule has 28 nitrogen and oxygen atoms in total. The molecule has 29 heteroatoms. The highest BCUT2D eigenvalue weighted by molar-refractivity contribution is 5.88. The summed E-state index contributed by atoms with van der Waals surface area (Å²) in [6.45, 7) is 10.6. The highest BCUT2D eigenvalue weighted by Gasteiger charge is 2.34. The van der Waals surface area contributed by atoms with Crippen LogP contribution in [0.4, 0.5) is 17.5 Å². The van der Waals surface area contributed by atoms with Crippen LogP contribution in [0.5, 0.6) is 5.88 Å². The smallest absolute Gasteiger partial charge is 0.373 e. The summed E-state index contributed by atoms with van der Waals surface area (Å²) in [5, 5.41) is 36.4. The molecule has 1 saturated heterocycles. The van der Waals surface area contributed by atoms with Crippen molar-refractivity contribution in [3.8, 4) is 73.2 Å². The molecule has 0 amide bonds. The molecule has 8 aliphatic rings. The van der Waals surface area contributed by atoms with E-state index in [2.05, 4.69) is 230 Å². The largest absolute Gasteiger partial charge is 0.477 e.